The molecule has 0 bridgehead atoms. The van der Waals surface area contributed by atoms with Gasteiger partial charge in [-0.05, 0) is 79.0 Å². The van der Waals surface area contributed by atoms with E-state index in [0.29, 0.717) is 12.3 Å². The molecule has 0 spiro atoms. The highest BCUT2D eigenvalue weighted by Gasteiger charge is 2.19. The summed E-state index contributed by atoms with van der Waals surface area (Å²) in [4.78, 5) is 12.6. The average molecular weight is 351 g/mol. The fourth-order valence-electron chi connectivity index (χ4n) is 3.44. The second kappa shape index (κ2) is 8.39. The van der Waals surface area contributed by atoms with E-state index in [-0.39, 0.29) is 5.91 Å². The first-order chi connectivity index (χ1) is 12.6. The van der Waals surface area contributed by atoms with E-state index in [9.17, 15) is 4.79 Å². The number of carbonyl (C=O) groups is 1. The minimum absolute atomic E-state index is 0.0949. The molecule has 0 saturated heterocycles. The number of hydrogen-bond donors (Lipinski definition) is 1. The number of carbonyl (C=O) groups excluding carboxylic acids is 1. The van der Waals surface area contributed by atoms with Crippen molar-refractivity contribution in [2.45, 2.75) is 64.9 Å². The Hall–Kier alpha value is -2.29. The highest BCUT2D eigenvalue weighted by Crippen LogP contribution is 2.26. The third-order valence-electron chi connectivity index (χ3n) is 5.11. The van der Waals surface area contributed by atoms with Gasteiger partial charge in [-0.25, -0.2) is 0 Å². The molecule has 1 atom stereocenters. The Morgan fingerprint density at radius 2 is 1.73 bits per heavy atom. The van der Waals surface area contributed by atoms with Gasteiger partial charge in [0.25, 0.3) is 5.91 Å². The van der Waals surface area contributed by atoms with Crippen molar-refractivity contribution < 1.29 is 9.53 Å². The first-order valence-electron chi connectivity index (χ1n) is 9.76. The second-order valence-electron chi connectivity index (χ2n) is 7.42. The molecule has 1 N–H and O–H groups in total. The van der Waals surface area contributed by atoms with E-state index in [0.717, 1.165) is 24.3 Å². The highest BCUT2D eigenvalue weighted by molar-refractivity contribution is 5.94. The van der Waals surface area contributed by atoms with Gasteiger partial charge in [-0.15, -0.1) is 0 Å². The fourth-order valence-corrected chi connectivity index (χ4v) is 3.44. The van der Waals surface area contributed by atoms with E-state index in [2.05, 4.69) is 43.4 Å². The summed E-state index contributed by atoms with van der Waals surface area (Å²) in [6, 6.07) is 14.3. The molecular formula is C23H29NO2. The molecule has 1 aliphatic carbocycles. The largest absolute Gasteiger partial charge is 0.481 e. The molecule has 26 heavy (non-hydrogen) atoms. The zero-order chi connectivity index (χ0) is 18.5. The van der Waals surface area contributed by atoms with Crippen LogP contribution >= 0.6 is 0 Å². The molecule has 0 aromatic heterocycles. The van der Waals surface area contributed by atoms with Crippen LogP contribution in [-0.4, -0.2) is 12.0 Å². The van der Waals surface area contributed by atoms with Crippen molar-refractivity contribution in [1.29, 1.82) is 0 Å². The molecule has 3 nitrogen and oxygen atoms in total. The normalized spacial score (nSPS) is 14.6. The SMILES string of the molecule is CC[C@@H](Oc1ccc2c(c1)CCCC2)C(=O)Nc1ccc(C(C)C)cc1. The molecular weight excluding hydrogens is 322 g/mol. The van der Waals surface area contributed by atoms with Crippen molar-refractivity contribution in [2.75, 3.05) is 5.32 Å². The van der Waals surface area contributed by atoms with E-state index in [1.165, 1.54) is 29.5 Å². The van der Waals surface area contributed by atoms with E-state index in [4.69, 9.17) is 4.74 Å². The molecule has 3 heteroatoms. The van der Waals surface area contributed by atoms with Gasteiger partial charge in [-0.3, -0.25) is 4.79 Å². The molecule has 138 valence electrons. The Morgan fingerprint density at radius 1 is 1.04 bits per heavy atom. The summed E-state index contributed by atoms with van der Waals surface area (Å²) in [5.74, 6) is 1.18. The van der Waals surface area contributed by atoms with Crippen molar-refractivity contribution in [1.82, 2.24) is 0 Å². The molecule has 0 unspecified atom stereocenters. The minimum Gasteiger partial charge on any atom is -0.481 e. The average Bonchev–Trinajstić information content (AvgIpc) is 2.66. The van der Waals surface area contributed by atoms with Crippen molar-refractivity contribution in [3.8, 4) is 5.75 Å². The van der Waals surface area contributed by atoms with E-state index in [1.54, 1.807) is 0 Å². The van der Waals surface area contributed by atoms with Gasteiger partial charge in [0.1, 0.15) is 5.75 Å². The smallest absolute Gasteiger partial charge is 0.265 e. The summed E-state index contributed by atoms with van der Waals surface area (Å²) in [6.45, 7) is 6.30. The molecule has 1 amide bonds. The number of nitrogens with one attached hydrogen (secondary N) is 1. The Bertz CT molecular complexity index is 749. The number of anilines is 1. The third-order valence-corrected chi connectivity index (χ3v) is 5.11. The van der Waals surface area contributed by atoms with Gasteiger partial charge in [-0.2, -0.15) is 0 Å². The number of benzene rings is 2. The quantitative estimate of drug-likeness (QED) is 0.748. The molecule has 1 aliphatic rings. The summed E-state index contributed by atoms with van der Waals surface area (Å²) in [5, 5.41) is 2.98. The first kappa shape index (κ1) is 18.5. The van der Waals surface area contributed by atoms with Crippen molar-refractivity contribution in [3.63, 3.8) is 0 Å². The third kappa shape index (κ3) is 4.46. The molecule has 0 radical (unpaired) electrons. The number of rotatable bonds is 6. The maximum atomic E-state index is 12.6. The second-order valence-corrected chi connectivity index (χ2v) is 7.42. The maximum absolute atomic E-state index is 12.6. The molecule has 0 heterocycles. The van der Waals surface area contributed by atoms with Gasteiger partial charge in [0.15, 0.2) is 6.10 Å². The van der Waals surface area contributed by atoms with Crippen LogP contribution in [0.3, 0.4) is 0 Å². The lowest BCUT2D eigenvalue weighted by Gasteiger charge is -2.20. The van der Waals surface area contributed by atoms with Gasteiger partial charge < -0.3 is 10.1 Å². The van der Waals surface area contributed by atoms with Crippen LogP contribution in [0.2, 0.25) is 0 Å². The lowest BCUT2D eigenvalue weighted by atomic mass is 9.92. The van der Waals surface area contributed by atoms with Gasteiger partial charge in [0.2, 0.25) is 0 Å². The zero-order valence-corrected chi connectivity index (χ0v) is 16.0. The van der Waals surface area contributed by atoms with Crippen LogP contribution in [0.4, 0.5) is 5.69 Å². The number of hydrogen-bond acceptors (Lipinski definition) is 2. The predicted molar refractivity (Wildman–Crippen MR) is 107 cm³/mol. The minimum atomic E-state index is -0.485. The topological polar surface area (TPSA) is 38.3 Å². The Kier molecular flexibility index (Phi) is 5.97. The van der Waals surface area contributed by atoms with Crippen molar-refractivity contribution >= 4 is 11.6 Å². The number of amides is 1. The number of ether oxygens (including phenoxy) is 1. The van der Waals surface area contributed by atoms with Crippen molar-refractivity contribution in [2.24, 2.45) is 0 Å². The van der Waals surface area contributed by atoms with E-state index >= 15 is 0 Å². The molecule has 3 rings (SSSR count). The monoisotopic (exact) mass is 351 g/mol. The fraction of sp³-hybridized carbons (Fsp3) is 0.435. The summed E-state index contributed by atoms with van der Waals surface area (Å²) >= 11 is 0. The maximum Gasteiger partial charge on any atom is 0.265 e. The number of fused-ring (bicyclic) bond motifs is 1. The van der Waals surface area contributed by atoms with Crippen molar-refractivity contribution in [3.05, 3.63) is 59.2 Å². The van der Waals surface area contributed by atoms with Crippen LogP contribution in [-0.2, 0) is 17.6 Å². The highest BCUT2D eigenvalue weighted by atomic mass is 16.5. The first-order valence-corrected chi connectivity index (χ1v) is 9.76. The van der Waals surface area contributed by atoms with Crippen LogP contribution in [0, 0.1) is 0 Å². The Balaban J connectivity index is 1.65. The molecule has 2 aromatic carbocycles. The summed E-state index contributed by atoms with van der Waals surface area (Å²) in [7, 11) is 0. The van der Waals surface area contributed by atoms with Crippen LogP contribution < -0.4 is 10.1 Å². The van der Waals surface area contributed by atoms with Crippen LogP contribution in [0.15, 0.2) is 42.5 Å². The molecule has 0 saturated carbocycles. The van der Waals surface area contributed by atoms with Crippen LogP contribution in [0.5, 0.6) is 5.75 Å². The summed E-state index contributed by atoms with van der Waals surface area (Å²) in [5.41, 5.74) is 4.87. The molecule has 2 aromatic rings. The van der Waals surface area contributed by atoms with Crippen LogP contribution in [0.25, 0.3) is 0 Å². The lowest BCUT2D eigenvalue weighted by Crippen LogP contribution is -2.32. The lowest BCUT2D eigenvalue weighted by molar-refractivity contribution is -0.122. The van der Waals surface area contributed by atoms with E-state index < -0.39 is 6.10 Å². The zero-order valence-electron chi connectivity index (χ0n) is 16.0. The number of aryl methyl sites for hydroxylation is 2. The van der Waals surface area contributed by atoms with Crippen LogP contribution in [0.1, 0.15) is 62.6 Å². The van der Waals surface area contributed by atoms with Gasteiger partial charge in [-0.1, -0.05) is 39.0 Å². The molecule has 0 fully saturated rings. The van der Waals surface area contributed by atoms with Gasteiger partial charge >= 0.3 is 0 Å². The van der Waals surface area contributed by atoms with Gasteiger partial charge in [0, 0.05) is 5.69 Å². The summed E-state index contributed by atoms with van der Waals surface area (Å²) in [6.07, 6.45) is 4.91. The Labute approximate surface area is 156 Å². The Morgan fingerprint density at radius 3 is 2.38 bits per heavy atom. The van der Waals surface area contributed by atoms with Gasteiger partial charge in [0.05, 0.1) is 0 Å². The predicted octanol–water partition coefficient (Wildman–Crippen LogP) is 5.48. The molecule has 0 aliphatic heterocycles. The standard InChI is InChI=1S/C23H29NO2/c1-4-22(23(25)24-20-12-9-17(10-13-20)16(2)3)26-21-14-11-18-7-5-6-8-19(18)15-21/h9-16,22H,4-8H2,1-3H3,(H,24,25)/t22-/m1/s1. The summed E-state index contributed by atoms with van der Waals surface area (Å²) < 4.78 is 6.01. The van der Waals surface area contributed by atoms with E-state index in [1.807, 2.05) is 25.1 Å².